The zero-order chi connectivity index (χ0) is 55.5. The van der Waals surface area contributed by atoms with Gasteiger partial charge in [0.15, 0.2) is 18.7 Å². The molecule has 418 valence electrons. The summed E-state index contributed by atoms with van der Waals surface area (Å²) >= 11 is 0. The van der Waals surface area contributed by atoms with Crippen LogP contribution in [0.5, 0.6) is 5.75 Å². The first-order chi connectivity index (χ1) is 35.2. The van der Waals surface area contributed by atoms with Crippen LogP contribution in [-0.2, 0) is 47.5 Å². The third-order valence-electron chi connectivity index (χ3n) is 15.8. The molecule has 21 nitrogen and oxygen atoms in total. The van der Waals surface area contributed by atoms with Crippen LogP contribution in [-0.4, -0.2) is 174 Å². The Morgan fingerprint density at radius 1 is 0.880 bits per heavy atom. The highest BCUT2D eigenvalue weighted by Gasteiger charge is 2.55. The third kappa shape index (κ3) is 13.0. The lowest BCUT2D eigenvalue weighted by Crippen LogP contribution is -2.62. The number of carbonyl (C=O) groups excluding carboxylic acids is 4. The number of fused-ring (bicyclic) bond motifs is 1. The summed E-state index contributed by atoms with van der Waals surface area (Å²) < 4.78 is 56.3. The summed E-state index contributed by atoms with van der Waals surface area (Å²) in [6, 6.07) is 11.9. The zero-order valence-electron chi connectivity index (χ0n) is 46.1. The first kappa shape index (κ1) is 59.4. The second-order valence-corrected chi connectivity index (χ2v) is 21.6. The molecule has 3 aliphatic rings. The summed E-state index contributed by atoms with van der Waals surface area (Å²) in [5, 5.41) is 35.3. The number of H-pyrrole nitrogens is 1. The fourth-order valence-corrected chi connectivity index (χ4v) is 11.2. The van der Waals surface area contributed by atoms with E-state index >= 15 is 0 Å². The lowest BCUT2D eigenvalue weighted by atomic mass is 9.74. The van der Waals surface area contributed by atoms with E-state index in [1.54, 1.807) is 73.8 Å². The molecule has 3 fully saturated rings. The molecule has 0 saturated carbocycles. The predicted molar refractivity (Wildman–Crippen MR) is 274 cm³/mol. The minimum atomic E-state index is -2.04. The summed E-state index contributed by atoms with van der Waals surface area (Å²) in [6.07, 6.45) is -11.2. The summed E-state index contributed by atoms with van der Waals surface area (Å²) in [6.45, 7) is 16.7. The molecule has 0 bridgehead atoms. The number of imidazole rings is 1. The van der Waals surface area contributed by atoms with Crippen LogP contribution < -0.4 is 15.6 Å². The second kappa shape index (κ2) is 24.2. The van der Waals surface area contributed by atoms with Gasteiger partial charge in [0.25, 0.3) is 5.91 Å². The monoisotopic (exact) mass is 1060 g/mol. The van der Waals surface area contributed by atoms with E-state index in [4.69, 9.17) is 42.6 Å². The number of cyclic esters (lactones) is 1. The number of aliphatic hydroxyl groups is 3. The number of ether oxygens (including phenoxy) is 9. The Hall–Kier alpha value is -4.81. The molecule has 0 spiro atoms. The van der Waals surface area contributed by atoms with Crippen molar-refractivity contribution < 1.29 is 77.1 Å². The van der Waals surface area contributed by atoms with Gasteiger partial charge < -0.3 is 67.8 Å². The number of aliphatic hydroxyl groups excluding tert-OH is 2. The van der Waals surface area contributed by atoms with Crippen molar-refractivity contribution in [1.29, 1.82) is 0 Å². The number of hydrogen-bond donors (Lipinski definition) is 6. The van der Waals surface area contributed by atoms with Gasteiger partial charge in [0.1, 0.15) is 40.8 Å². The first-order valence-corrected chi connectivity index (χ1v) is 25.8. The predicted octanol–water partition coefficient (Wildman–Crippen LogP) is 5.07. The molecular weight excluding hydrogens is 975 g/mol. The number of aromatic amines is 1. The first-order valence-electron chi connectivity index (χ1n) is 25.8. The number of benzene rings is 2. The molecule has 3 saturated heterocycles. The maximum absolute atomic E-state index is 14.6. The number of hydrogen-bond acceptors (Lipinski definition) is 18. The Morgan fingerprint density at radius 3 is 2.20 bits per heavy atom. The fourth-order valence-electron chi connectivity index (χ4n) is 11.2. The van der Waals surface area contributed by atoms with E-state index < -0.39 is 114 Å². The molecule has 0 aliphatic carbocycles. The van der Waals surface area contributed by atoms with Gasteiger partial charge in [0.05, 0.1) is 60.2 Å². The molecule has 4 heterocycles. The van der Waals surface area contributed by atoms with Crippen LogP contribution >= 0.6 is 0 Å². The lowest BCUT2D eigenvalue weighted by Gasteiger charge is -2.50. The molecule has 2 aromatic carbocycles. The lowest BCUT2D eigenvalue weighted by molar-refractivity contribution is -0.319. The highest BCUT2D eigenvalue weighted by atomic mass is 16.7. The van der Waals surface area contributed by atoms with Crippen LogP contribution in [0.3, 0.4) is 0 Å². The van der Waals surface area contributed by atoms with Crippen molar-refractivity contribution in [3.63, 3.8) is 0 Å². The van der Waals surface area contributed by atoms with Crippen molar-refractivity contribution in [3.05, 3.63) is 48.0 Å². The van der Waals surface area contributed by atoms with Gasteiger partial charge >= 0.3 is 12.1 Å². The van der Waals surface area contributed by atoms with E-state index in [1.165, 1.54) is 28.1 Å². The Morgan fingerprint density at radius 2 is 1.56 bits per heavy atom. The largest absolute Gasteiger partial charge is 0.497 e. The molecule has 0 unspecified atom stereocenters. The number of carbonyl (C=O) groups is 4. The van der Waals surface area contributed by atoms with Crippen molar-refractivity contribution in [3.8, 4) is 17.1 Å². The van der Waals surface area contributed by atoms with E-state index in [1.807, 2.05) is 50.2 Å². The van der Waals surface area contributed by atoms with Crippen molar-refractivity contribution in [1.82, 2.24) is 25.7 Å². The summed E-state index contributed by atoms with van der Waals surface area (Å²) in [4.78, 5) is 65.3. The molecule has 21 heteroatoms. The maximum atomic E-state index is 14.6. The van der Waals surface area contributed by atoms with Crippen molar-refractivity contribution in [2.45, 2.75) is 179 Å². The average molecular weight is 1060 g/mol. The van der Waals surface area contributed by atoms with Crippen molar-refractivity contribution >= 4 is 34.8 Å². The van der Waals surface area contributed by atoms with Crippen LogP contribution in [0, 0.1) is 23.7 Å². The topological polar surface area (TPSA) is 268 Å². The van der Waals surface area contributed by atoms with E-state index in [9.17, 15) is 34.5 Å². The van der Waals surface area contributed by atoms with E-state index in [-0.39, 0.29) is 42.8 Å². The molecule has 3 aliphatic heterocycles. The van der Waals surface area contributed by atoms with Gasteiger partial charge in [-0.1, -0.05) is 39.8 Å². The van der Waals surface area contributed by atoms with Crippen LogP contribution in [0.2, 0.25) is 0 Å². The summed E-state index contributed by atoms with van der Waals surface area (Å²) in [7, 11) is 8.22. The SMILES string of the molecule is CC[C@H]1OC(=O)[C@H](C)[C@@H](O[C@H]2C[C@@](C)(OC)[C@@H](OC(=O)NNC(=O)c3ccc4nc(-c5cccc(OC)c5)[nH]c4c3)[C@H](C)O2)[C@H](C)[C@@H](O[C@@H]2O[C@H](C)C[C@H](N(C)C)[C@H]2O)[C@](C)(OC)C[C@@H](C)C(=O)[C@H](C)[C@@H](O)[C@]1(C)O. The molecule has 2 amide bonds. The number of nitrogens with one attached hydrogen (secondary N) is 3. The van der Waals surface area contributed by atoms with Gasteiger partial charge in [0, 0.05) is 55.6 Å². The third-order valence-corrected chi connectivity index (χ3v) is 15.8. The van der Waals surface area contributed by atoms with Gasteiger partial charge in [-0.3, -0.25) is 19.8 Å². The number of aromatic nitrogens is 2. The highest BCUT2D eigenvalue weighted by molar-refractivity contribution is 5.98. The molecule has 6 N–H and O–H groups in total. The standard InChI is InChI=1S/C54H81N5O16/c1-16-39-54(10,66)44(62)29(4)41(60)27(2)25-52(8,68-14)45(74-50-42(61)38(59(11)12)22-28(3)70-50)30(5)43(31(6)49(64)72-39)73-40-26-53(9,69-15)46(32(7)71-40)75-51(65)58-57-48(63)34-20-21-36-37(24-34)56-47(55-36)33-18-17-19-35(23-33)67-13/h17-21,23-24,27-32,38-40,42-46,50,61-62,66H,16,22,25-26H2,1-15H3,(H,55,56)(H,57,63)(H,58,65)/t27-,28-,29+,30+,31-,32+,38+,39-,40+,42-,43+,44-,45-,46+,50+,52-,53-,54-/m1/s1. The number of esters is 1. The van der Waals surface area contributed by atoms with Crippen LogP contribution in [0.25, 0.3) is 22.4 Å². The van der Waals surface area contributed by atoms with Gasteiger partial charge in [-0.15, -0.1) is 0 Å². The number of rotatable bonds is 12. The Balaban J connectivity index is 1.25. The van der Waals surface area contributed by atoms with Gasteiger partial charge in [-0.05, 0) is 105 Å². The zero-order valence-corrected chi connectivity index (χ0v) is 46.1. The Bertz CT molecular complexity index is 2450. The number of Topliss-reactive ketones (excluding diaryl/α,β-unsaturated/α-hetero) is 1. The number of amides is 2. The number of nitrogens with zero attached hydrogens (tertiary/aromatic N) is 2. The second-order valence-electron chi connectivity index (χ2n) is 21.6. The highest BCUT2D eigenvalue weighted by Crippen LogP contribution is 2.42. The molecular formula is C54H81N5O16. The van der Waals surface area contributed by atoms with Gasteiger partial charge in [-0.25, -0.2) is 15.2 Å². The number of likely N-dealkylation sites (N-methyl/N-ethyl adjacent to an activating group) is 1. The van der Waals surface area contributed by atoms with Crippen molar-refractivity contribution in [2.24, 2.45) is 23.7 Å². The van der Waals surface area contributed by atoms with Crippen molar-refractivity contribution in [2.75, 3.05) is 35.4 Å². The minimum absolute atomic E-state index is 0.0421. The number of hydrazine groups is 1. The maximum Gasteiger partial charge on any atom is 0.426 e. The molecule has 3 aromatic rings. The average Bonchev–Trinajstić information content (AvgIpc) is 3.82. The van der Waals surface area contributed by atoms with E-state index in [0.717, 1.165) is 5.56 Å². The molecule has 0 radical (unpaired) electrons. The summed E-state index contributed by atoms with van der Waals surface area (Å²) in [5.41, 5.74) is 2.27. The molecule has 1 aromatic heterocycles. The van der Waals surface area contributed by atoms with Gasteiger partial charge in [-0.2, -0.15) is 0 Å². The Labute approximate surface area is 439 Å². The van der Waals surface area contributed by atoms with Crippen LogP contribution in [0.15, 0.2) is 42.5 Å². The van der Waals surface area contributed by atoms with E-state index in [0.29, 0.717) is 29.0 Å². The van der Waals surface area contributed by atoms with Crippen LogP contribution in [0.4, 0.5) is 4.79 Å². The fraction of sp³-hybridized carbons (Fsp3) is 0.685. The molecule has 18 atom stereocenters. The smallest absolute Gasteiger partial charge is 0.426 e. The minimum Gasteiger partial charge on any atom is -0.497 e. The molecule has 6 rings (SSSR count). The molecule has 75 heavy (non-hydrogen) atoms. The normalized spacial score (nSPS) is 37.3. The number of methoxy groups -OCH3 is 3. The van der Waals surface area contributed by atoms with E-state index in [2.05, 4.69) is 20.8 Å². The summed E-state index contributed by atoms with van der Waals surface area (Å²) in [5.74, 6) is -4.34. The Kier molecular flexibility index (Phi) is 19.2. The van der Waals surface area contributed by atoms with Gasteiger partial charge in [0.2, 0.25) is 0 Å². The van der Waals surface area contributed by atoms with Crippen LogP contribution in [0.1, 0.15) is 105 Å². The number of ketones is 1. The quantitative estimate of drug-likeness (QED) is 0.102.